The van der Waals surface area contributed by atoms with Gasteiger partial charge in [0.15, 0.2) is 0 Å². The summed E-state index contributed by atoms with van der Waals surface area (Å²) < 4.78 is 18.8. The number of halogens is 1. The van der Waals surface area contributed by atoms with Crippen LogP contribution in [0.5, 0.6) is 0 Å². The monoisotopic (exact) mass is 247 g/mol. The molecule has 1 atom stereocenters. The second kappa shape index (κ2) is 5.36. The predicted molar refractivity (Wildman–Crippen MR) is 69.8 cm³/mol. The summed E-state index contributed by atoms with van der Waals surface area (Å²) >= 11 is 0. The third-order valence-electron chi connectivity index (χ3n) is 3.23. The average Bonchev–Trinajstić information content (AvgIpc) is 2.75. The van der Waals surface area contributed by atoms with Crippen molar-refractivity contribution in [3.63, 3.8) is 0 Å². The molecule has 0 bridgehead atoms. The van der Waals surface area contributed by atoms with Crippen molar-refractivity contribution in [1.29, 1.82) is 0 Å². The van der Waals surface area contributed by atoms with Gasteiger partial charge in [0, 0.05) is 6.04 Å². The van der Waals surface area contributed by atoms with E-state index in [4.69, 9.17) is 4.42 Å². The molecule has 0 aliphatic carbocycles. The second-order valence-corrected chi connectivity index (χ2v) is 4.64. The molecule has 1 aromatic carbocycles. The van der Waals surface area contributed by atoms with Crippen LogP contribution in [0.1, 0.15) is 35.4 Å². The van der Waals surface area contributed by atoms with E-state index < -0.39 is 0 Å². The highest BCUT2D eigenvalue weighted by atomic mass is 19.1. The Bertz CT molecular complexity index is 533. The molecular weight excluding hydrogens is 229 g/mol. The van der Waals surface area contributed by atoms with Crippen LogP contribution in [0.4, 0.5) is 4.39 Å². The third-order valence-corrected chi connectivity index (χ3v) is 3.23. The molecule has 0 fully saturated rings. The van der Waals surface area contributed by atoms with Crippen molar-refractivity contribution < 1.29 is 8.81 Å². The number of furan rings is 1. The molecule has 1 N–H and O–H groups in total. The second-order valence-electron chi connectivity index (χ2n) is 4.64. The van der Waals surface area contributed by atoms with Gasteiger partial charge in [0.05, 0.1) is 12.8 Å². The van der Waals surface area contributed by atoms with Crippen LogP contribution in [0.2, 0.25) is 0 Å². The van der Waals surface area contributed by atoms with Gasteiger partial charge in [-0.25, -0.2) is 4.39 Å². The largest absolute Gasteiger partial charge is 0.468 e. The molecule has 0 saturated heterocycles. The van der Waals surface area contributed by atoms with Gasteiger partial charge in [-0.1, -0.05) is 12.1 Å². The van der Waals surface area contributed by atoms with Gasteiger partial charge >= 0.3 is 0 Å². The topological polar surface area (TPSA) is 25.2 Å². The molecule has 0 aliphatic heterocycles. The summed E-state index contributed by atoms with van der Waals surface area (Å²) in [5, 5.41) is 3.33. The fraction of sp³-hybridized carbons (Fsp3) is 0.333. The van der Waals surface area contributed by atoms with Crippen molar-refractivity contribution in [3.05, 3.63) is 58.8 Å². The Labute approximate surface area is 107 Å². The molecule has 96 valence electrons. The molecule has 2 aromatic rings. The normalized spacial score (nSPS) is 12.7. The summed E-state index contributed by atoms with van der Waals surface area (Å²) in [5.74, 6) is 0.768. The minimum atomic E-state index is -0.157. The third kappa shape index (κ3) is 2.79. The summed E-state index contributed by atoms with van der Waals surface area (Å²) in [5.41, 5.74) is 2.75. The molecule has 1 aromatic heterocycles. The van der Waals surface area contributed by atoms with Gasteiger partial charge in [0.1, 0.15) is 11.6 Å². The van der Waals surface area contributed by atoms with Gasteiger partial charge in [-0.2, -0.15) is 0 Å². The first kappa shape index (κ1) is 12.8. The summed E-state index contributed by atoms with van der Waals surface area (Å²) in [6.07, 6.45) is 1.68. The first-order chi connectivity index (χ1) is 8.58. The summed E-state index contributed by atoms with van der Waals surface area (Å²) in [6, 6.07) is 7.37. The van der Waals surface area contributed by atoms with Crippen molar-refractivity contribution in [1.82, 2.24) is 5.32 Å². The van der Waals surface area contributed by atoms with Crippen molar-refractivity contribution in [2.75, 3.05) is 0 Å². The molecular formula is C15H18FNO. The standard InChI is InChI=1S/C15H18FNO/c1-10-4-5-13(8-14(10)16)12(3)17-9-15-11(2)6-7-18-15/h4-8,12,17H,9H2,1-3H3. The highest BCUT2D eigenvalue weighted by Gasteiger charge is 2.09. The Morgan fingerprint density at radius 3 is 2.61 bits per heavy atom. The van der Waals surface area contributed by atoms with Gasteiger partial charge < -0.3 is 9.73 Å². The lowest BCUT2D eigenvalue weighted by atomic mass is 10.1. The van der Waals surface area contributed by atoms with E-state index >= 15 is 0 Å². The minimum Gasteiger partial charge on any atom is -0.468 e. The molecule has 18 heavy (non-hydrogen) atoms. The van der Waals surface area contributed by atoms with Crippen LogP contribution < -0.4 is 5.32 Å². The van der Waals surface area contributed by atoms with Gasteiger partial charge in [0.2, 0.25) is 0 Å². The molecule has 2 nitrogen and oxygen atoms in total. The maximum atomic E-state index is 13.5. The van der Waals surface area contributed by atoms with E-state index in [0.717, 1.165) is 16.9 Å². The van der Waals surface area contributed by atoms with Crippen LogP contribution in [0.25, 0.3) is 0 Å². The van der Waals surface area contributed by atoms with Crippen LogP contribution in [0.15, 0.2) is 34.9 Å². The van der Waals surface area contributed by atoms with E-state index in [0.29, 0.717) is 12.1 Å². The van der Waals surface area contributed by atoms with Gasteiger partial charge in [-0.3, -0.25) is 0 Å². The fourth-order valence-corrected chi connectivity index (χ4v) is 1.83. The Kier molecular flexibility index (Phi) is 3.82. The maximum Gasteiger partial charge on any atom is 0.126 e. The molecule has 0 spiro atoms. The van der Waals surface area contributed by atoms with Crippen molar-refractivity contribution in [3.8, 4) is 0 Å². The van der Waals surface area contributed by atoms with Crippen molar-refractivity contribution in [2.45, 2.75) is 33.4 Å². The number of rotatable bonds is 4. The number of aryl methyl sites for hydroxylation is 2. The van der Waals surface area contributed by atoms with Crippen LogP contribution in [-0.2, 0) is 6.54 Å². The minimum absolute atomic E-state index is 0.0876. The first-order valence-corrected chi connectivity index (χ1v) is 6.10. The molecule has 1 unspecified atom stereocenters. The molecule has 0 radical (unpaired) electrons. The molecule has 0 aliphatic rings. The fourth-order valence-electron chi connectivity index (χ4n) is 1.83. The summed E-state index contributed by atoms with van der Waals surface area (Å²) in [6.45, 7) is 6.44. The Morgan fingerprint density at radius 1 is 1.22 bits per heavy atom. The summed E-state index contributed by atoms with van der Waals surface area (Å²) in [7, 11) is 0. The lowest BCUT2D eigenvalue weighted by Gasteiger charge is -2.14. The van der Waals surface area contributed by atoms with Crippen LogP contribution >= 0.6 is 0 Å². The van der Waals surface area contributed by atoms with E-state index in [1.807, 2.05) is 26.0 Å². The summed E-state index contributed by atoms with van der Waals surface area (Å²) in [4.78, 5) is 0. The molecule has 3 heteroatoms. The van der Waals surface area contributed by atoms with Crippen LogP contribution in [0, 0.1) is 19.7 Å². The Hall–Kier alpha value is -1.61. The van der Waals surface area contributed by atoms with Crippen molar-refractivity contribution >= 4 is 0 Å². The van der Waals surface area contributed by atoms with E-state index in [9.17, 15) is 4.39 Å². The highest BCUT2D eigenvalue weighted by molar-refractivity contribution is 5.25. The van der Waals surface area contributed by atoms with Crippen LogP contribution in [0.3, 0.4) is 0 Å². The molecule has 2 rings (SSSR count). The smallest absolute Gasteiger partial charge is 0.126 e. The van der Waals surface area contributed by atoms with Gasteiger partial charge in [-0.05, 0) is 49.6 Å². The van der Waals surface area contributed by atoms with Crippen molar-refractivity contribution in [2.24, 2.45) is 0 Å². The Morgan fingerprint density at radius 2 is 2.00 bits per heavy atom. The molecule has 0 amide bonds. The van der Waals surface area contributed by atoms with Gasteiger partial charge in [0.25, 0.3) is 0 Å². The zero-order valence-electron chi connectivity index (χ0n) is 11.0. The van der Waals surface area contributed by atoms with Gasteiger partial charge in [-0.15, -0.1) is 0 Å². The van der Waals surface area contributed by atoms with Crippen LogP contribution in [-0.4, -0.2) is 0 Å². The SMILES string of the molecule is Cc1ccc(C(C)NCc2occc2C)cc1F. The maximum absolute atomic E-state index is 13.5. The number of hydrogen-bond donors (Lipinski definition) is 1. The van der Waals surface area contributed by atoms with E-state index in [2.05, 4.69) is 5.32 Å². The first-order valence-electron chi connectivity index (χ1n) is 6.10. The lowest BCUT2D eigenvalue weighted by Crippen LogP contribution is -2.18. The predicted octanol–water partition coefficient (Wildman–Crippen LogP) is 3.89. The average molecular weight is 247 g/mol. The van der Waals surface area contributed by atoms with E-state index in [-0.39, 0.29) is 11.9 Å². The van der Waals surface area contributed by atoms with E-state index in [1.54, 1.807) is 25.3 Å². The number of benzene rings is 1. The molecule has 1 heterocycles. The Balaban J connectivity index is 2.01. The lowest BCUT2D eigenvalue weighted by molar-refractivity contribution is 0.457. The number of hydrogen-bond acceptors (Lipinski definition) is 2. The zero-order valence-corrected chi connectivity index (χ0v) is 11.0. The number of nitrogens with one attached hydrogen (secondary N) is 1. The quantitative estimate of drug-likeness (QED) is 0.886. The highest BCUT2D eigenvalue weighted by Crippen LogP contribution is 2.17. The zero-order chi connectivity index (χ0) is 13.1. The van der Waals surface area contributed by atoms with E-state index in [1.165, 1.54) is 0 Å². The molecule has 0 saturated carbocycles.